The number of aromatic nitrogens is 2. The number of benzene rings is 1. The summed E-state index contributed by atoms with van der Waals surface area (Å²) in [5.41, 5.74) is 6.42. The van der Waals surface area contributed by atoms with Crippen molar-refractivity contribution in [1.82, 2.24) is 10.2 Å². The molecule has 0 fully saturated rings. The molecule has 0 aliphatic carbocycles. The maximum absolute atomic E-state index is 13.1. The van der Waals surface area contributed by atoms with Gasteiger partial charge < -0.3 is 10.5 Å². The number of H-pyrrole nitrogens is 1. The van der Waals surface area contributed by atoms with E-state index in [9.17, 15) is 8.78 Å². The SMILES string of the molecule is COc1cc(F)c(F)cc1-c1cn[nH]c1N. The van der Waals surface area contributed by atoms with Crippen molar-refractivity contribution < 1.29 is 13.5 Å². The van der Waals surface area contributed by atoms with Crippen molar-refractivity contribution in [2.75, 3.05) is 12.8 Å². The molecule has 0 spiro atoms. The summed E-state index contributed by atoms with van der Waals surface area (Å²) in [7, 11) is 1.37. The fourth-order valence-electron chi connectivity index (χ4n) is 1.42. The van der Waals surface area contributed by atoms with Crippen LogP contribution in [-0.4, -0.2) is 17.3 Å². The van der Waals surface area contributed by atoms with Crippen LogP contribution in [0.4, 0.5) is 14.6 Å². The van der Waals surface area contributed by atoms with Crippen molar-refractivity contribution in [2.24, 2.45) is 0 Å². The van der Waals surface area contributed by atoms with Gasteiger partial charge in [-0.1, -0.05) is 0 Å². The van der Waals surface area contributed by atoms with Crippen LogP contribution in [0.3, 0.4) is 0 Å². The highest BCUT2D eigenvalue weighted by Gasteiger charge is 2.15. The molecule has 2 rings (SSSR count). The lowest BCUT2D eigenvalue weighted by Crippen LogP contribution is -1.94. The van der Waals surface area contributed by atoms with Crippen molar-refractivity contribution in [2.45, 2.75) is 0 Å². The first-order valence-corrected chi connectivity index (χ1v) is 4.45. The van der Waals surface area contributed by atoms with Crippen molar-refractivity contribution in [1.29, 1.82) is 0 Å². The Morgan fingerprint density at radius 3 is 2.50 bits per heavy atom. The number of hydrogen-bond donors (Lipinski definition) is 2. The van der Waals surface area contributed by atoms with E-state index in [0.717, 1.165) is 12.1 Å². The fraction of sp³-hybridized carbons (Fsp3) is 0.100. The summed E-state index contributed by atoms with van der Waals surface area (Å²) in [5.74, 6) is -1.46. The Labute approximate surface area is 90.0 Å². The average Bonchev–Trinajstić information content (AvgIpc) is 2.68. The fourth-order valence-corrected chi connectivity index (χ4v) is 1.42. The van der Waals surface area contributed by atoms with Gasteiger partial charge in [-0.05, 0) is 6.07 Å². The molecule has 1 aromatic heterocycles. The van der Waals surface area contributed by atoms with Crippen LogP contribution in [0.1, 0.15) is 0 Å². The van der Waals surface area contributed by atoms with Gasteiger partial charge in [-0.2, -0.15) is 5.10 Å². The summed E-state index contributed by atoms with van der Waals surface area (Å²) >= 11 is 0. The van der Waals surface area contributed by atoms with Crippen LogP contribution >= 0.6 is 0 Å². The average molecular weight is 225 g/mol. The first-order valence-electron chi connectivity index (χ1n) is 4.45. The molecule has 0 atom stereocenters. The highest BCUT2D eigenvalue weighted by Crippen LogP contribution is 2.34. The van der Waals surface area contributed by atoms with Gasteiger partial charge in [-0.25, -0.2) is 8.78 Å². The topological polar surface area (TPSA) is 63.9 Å². The third kappa shape index (κ3) is 1.58. The van der Waals surface area contributed by atoms with Crippen LogP contribution in [0.5, 0.6) is 5.75 Å². The molecular weight excluding hydrogens is 216 g/mol. The van der Waals surface area contributed by atoms with Crippen molar-refractivity contribution in [3.63, 3.8) is 0 Å². The largest absolute Gasteiger partial charge is 0.496 e. The van der Waals surface area contributed by atoms with Gasteiger partial charge in [-0.15, -0.1) is 0 Å². The number of nitrogen functional groups attached to an aromatic ring is 1. The second-order valence-electron chi connectivity index (χ2n) is 3.16. The number of halogens is 2. The summed E-state index contributed by atoms with van der Waals surface area (Å²) in [4.78, 5) is 0. The Hall–Kier alpha value is -2.11. The van der Waals surface area contributed by atoms with Crippen molar-refractivity contribution >= 4 is 5.82 Å². The minimum atomic E-state index is -0.970. The van der Waals surface area contributed by atoms with Crippen LogP contribution in [0.15, 0.2) is 18.3 Å². The molecule has 0 unspecified atom stereocenters. The first-order chi connectivity index (χ1) is 7.63. The number of nitrogens with zero attached hydrogens (tertiary/aromatic N) is 1. The number of nitrogens with two attached hydrogens (primary N) is 1. The summed E-state index contributed by atoms with van der Waals surface area (Å²) in [6.07, 6.45) is 1.42. The van der Waals surface area contributed by atoms with Crippen LogP contribution in [0.25, 0.3) is 11.1 Å². The summed E-state index contributed by atoms with van der Waals surface area (Å²) < 4.78 is 31.1. The molecular formula is C10H9F2N3O. The van der Waals surface area contributed by atoms with Crippen LogP contribution in [0, 0.1) is 11.6 Å². The quantitative estimate of drug-likeness (QED) is 0.820. The lowest BCUT2D eigenvalue weighted by molar-refractivity contribution is 0.408. The molecule has 0 saturated heterocycles. The number of anilines is 1. The van der Waals surface area contributed by atoms with Gasteiger partial charge in [0.05, 0.1) is 13.3 Å². The maximum Gasteiger partial charge on any atom is 0.162 e. The smallest absolute Gasteiger partial charge is 0.162 e. The third-order valence-corrected chi connectivity index (χ3v) is 2.20. The monoisotopic (exact) mass is 225 g/mol. The van der Waals surface area contributed by atoms with Gasteiger partial charge in [-0.3, -0.25) is 5.10 Å². The van der Waals surface area contributed by atoms with E-state index < -0.39 is 11.6 Å². The van der Waals surface area contributed by atoms with E-state index in [4.69, 9.17) is 10.5 Å². The van der Waals surface area contributed by atoms with Gasteiger partial charge in [0.2, 0.25) is 0 Å². The lowest BCUT2D eigenvalue weighted by atomic mass is 10.1. The Kier molecular flexibility index (Phi) is 2.47. The van der Waals surface area contributed by atoms with E-state index >= 15 is 0 Å². The summed E-state index contributed by atoms with van der Waals surface area (Å²) in [6.45, 7) is 0. The van der Waals surface area contributed by atoms with E-state index in [0.29, 0.717) is 11.1 Å². The van der Waals surface area contributed by atoms with E-state index in [1.807, 2.05) is 0 Å². The standard InChI is InChI=1S/C10H9F2N3O/c1-16-9-3-8(12)7(11)2-5(9)6-4-14-15-10(6)13/h2-4H,1H3,(H3,13,14,15). The van der Waals surface area contributed by atoms with Crippen LogP contribution < -0.4 is 10.5 Å². The number of ether oxygens (including phenoxy) is 1. The Morgan fingerprint density at radius 1 is 1.25 bits per heavy atom. The predicted octanol–water partition coefficient (Wildman–Crippen LogP) is 1.95. The lowest BCUT2D eigenvalue weighted by Gasteiger charge is -2.08. The minimum Gasteiger partial charge on any atom is -0.496 e. The number of rotatable bonds is 2. The third-order valence-electron chi connectivity index (χ3n) is 2.20. The first kappa shape index (κ1) is 10.4. The van der Waals surface area contributed by atoms with E-state index in [1.54, 1.807) is 0 Å². The van der Waals surface area contributed by atoms with Gasteiger partial charge >= 0.3 is 0 Å². The number of nitrogens with one attached hydrogen (secondary N) is 1. The van der Waals surface area contributed by atoms with Gasteiger partial charge in [0, 0.05) is 17.2 Å². The summed E-state index contributed by atoms with van der Waals surface area (Å²) in [5, 5.41) is 6.21. The van der Waals surface area contributed by atoms with Crippen LogP contribution in [0.2, 0.25) is 0 Å². The molecule has 0 aliphatic rings. The molecule has 0 bridgehead atoms. The zero-order valence-corrected chi connectivity index (χ0v) is 8.42. The molecule has 1 aromatic carbocycles. The molecule has 1 heterocycles. The molecule has 3 N–H and O–H groups in total. The summed E-state index contributed by atoms with van der Waals surface area (Å²) in [6, 6.07) is 1.99. The maximum atomic E-state index is 13.1. The zero-order chi connectivity index (χ0) is 11.7. The Balaban J connectivity index is 2.64. The van der Waals surface area contributed by atoms with E-state index in [-0.39, 0.29) is 11.6 Å². The van der Waals surface area contributed by atoms with Gasteiger partial charge in [0.1, 0.15) is 11.6 Å². The highest BCUT2D eigenvalue weighted by molar-refractivity contribution is 5.77. The molecule has 16 heavy (non-hydrogen) atoms. The second-order valence-corrected chi connectivity index (χ2v) is 3.16. The van der Waals surface area contributed by atoms with E-state index in [2.05, 4.69) is 10.2 Å². The number of aromatic amines is 1. The van der Waals surface area contributed by atoms with Crippen molar-refractivity contribution in [3.05, 3.63) is 30.0 Å². The minimum absolute atomic E-state index is 0.201. The molecule has 0 aliphatic heterocycles. The van der Waals surface area contributed by atoms with Crippen molar-refractivity contribution in [3.8, 4) is 16.9 Å². The zero-order valence-electron chi connectivity index (χ0n) is 8.42. The van der Waals surface area contributed by atoms with Gasteiger partial charge in [0.15, 0.2) is 11.6 Å². The second kappa shape index (κ2) is 3.80. The number of methoxy groups -OCH3 is 1. The molecule has 4 nitrogen and oxygen atoms in total. The Morgan fingerprint density at radius 2 is 1.94 bits per heavy atom. The molecule has 0 radical (unpaired) electrons. The highest BCUT2D eigenvalue weighted by atomic mass is 19.2. The predicted molar refractivity (Wildman–Crippen MR) is 54.9 cm³/mol. The van der Waals surface area contributed by atoms with Gasteiger partial charge in [0.25, 0.3) is 0 Å². The molecule has 84 valence electrons. The van der Waals surface area contributed by atoms with E-state index in [1.165, 1.54) is 13.3 Å². The molecule has 0 saturated carbocycles. The molecule has 0 amide bonds. The van der Waals surface area contributed by atoms with Crippen LogP contribution in [-0.2, 0) is 0 Å². The molecule has 2 aromatic rings. The number of hydrogen-bond acceptors (Lipinski definition) is 3. The Bertz CT molecular complexity index is 525. The molecule has 6 heteroatoms. The normalized spacial score (nSPS) is 10.4.